The van der Waals surface area contributed by atoms with Crippen LogP contribution in [0.1, 0.15) is 114 Å². The third-order valence-electron chi connectivity index (χ3n) is 10.6. The van der Waals surface area contributed by atoms with Crippen LogP contribution in [0, 0.1) is 5.41 Å². The smallest absolute Gasteiger partial charge is 0.348 e. The van der Waals surface area contributed by atoms with Crippen molar-refractivity contribution in [2.45, 2.75) is 135 Å². The number of ether oxygens (including phenoxy) is 5. The van der Waals surface area contributed by atoms with Gasteiger partial charge in [0, 0.05) is 49.4 Å². The Morgan fingerprint density at radius 3 is 2.41 bits per heavy atom. The van der Waals surface area contributed by atoms with Gasteiger partial charge in [0.05, 0.1) is 12.2 Å². The van der Waals surface area contributed by atoms with Gasteiger partial charge in [-0.3, -0.25) is 9.59 Å². The maximum Gasteiger partial charge on any atom is 0.348 e. The lowest BCUT2D eigenvalue weighted by atomic mass is 9.90. The molecule has 2 N–H and O–H groups in total. The number of unbranched alkanes of at least 4 members (excludes halogenated alkanes) is 4. The minimum absolute atomic E-state index is 0.0498. The monoisotopic (exact) mass is 752 g/mol. The molecule has 2 amide bonds. The largest absolute Gasteiger partial charge is 0.462 e. The molecule has 5 rings (SSSR count). The van der Waals surface area contributed by atoms with Gasteiger partial charge in [-0.2, -0.15) is 0 Å². The maximum atomic E-state index is 14.2. The molecule has 0 aromatic heterocycles. The number of aliphatic hydroxyl groups is 1. The fourth-order valence-electron chi connectivity index (χ4n) is 7.63. The van der Waals surface area contributed by atoms with Crippen LogP contribution >= 0.6 is 0 Å². The van der Waals surface area contributed by atoms with Gasteiger partial charge in [0.2, 0.25) is 17.9 Å². The Labute approximate surface area is 317 Å². The number of hydrogen-bond donors (Lipinski definition) is 2. The summed E-state index contributed by atoms with van der Waals surface area (Å²) in [5, 5.41) is 11.9. The molecule has 13 heteroatoms. The SMILES string of the molecule is CCCCCC1(CCCCC)OC2C=C(C(=O)N3CCCC3C(=O)NCCO)CC(OC(=O)c3ccccc3C=CC(=O)OC3C(=O)OCC3(C)C)C2O1. The number of nitrogens with one attached hydrogen (secondary N) is 1. The molecule has 5 unspecified atom stereocenters. The van der Waals surface area contributed by atoms with Crippen molar-refractivity contribution in [2.75, 3.05) is 26.3 Å². The first-order valence-corrected chi connectivity index (χ1v) is 19.5. The van der Waals surface area contributed by atoms with Crippen LogP contribution in [0.5, 0.6) is 0 Å². The average molecular weight is 753 g/mol. The summed E-state index contributed by atoms with van der Waals surface area (Å²) in [7, 11) is 0. The van der Waals surface area contributed by atoms with E-state index in [0.717, 1.165) is 44.6 Å². The highest BCUT2D eigenvalue weighted by Crippen LogP contribution is 2.44. The van der Waals surface area contributed by atoms with Crippen molar-refractivity contribution in [3.63, 3.8) is 0 Å². The summed E-state index contributed by atoms with van der Waals surface area (Å²) in [5.74, 6) is -3.60. The first-order valence-electron chi connectivity index (χ1n) is 19.5. The molecule has 1 aliphatic carbocycles. The van der Waals surface area contributed by atoms with Gasteiger partial charge < -0.3 is 39.0 Å². The van der Waals surface area contributed by atoms with Gasteiger partial charge in [-0.25, -0.2) is 14.4 Å². The molecule has 3 heterocycles. The van der Waals surface area contributed by atoms with E-state index in [1.165, 1.54) is 6.08 Å². The van der Waals surface area contributed by atoms with Crippen LogP contribution in [-0.4, -0.2) is 102 Å². The molecule has 54 heavy (non-hydrogen) atoms. The van der Waals surface area contributed by atoms with Gasteiger partial charge in [-0.05, 0) is 49.5 Å². The molecule has 296 valence electrons. The molecule has 0 radical (unpaired) electrons. The second-order valence-electron chi connectivity index (χ2n) is 15.3. The maximum absolute atomic E-state index is 14.2. The normalized spacial score (nSPS) is 25.6. The fourth-order valence-corrected chi connectivity index (χ4v) is 7.63. The molecule has 5 atom stereocenters. The van der Waals surface area contributed by atoms with Crippen molar-refractivity contribution < 1.29 is 52.8 Å². The number of carbonyl (C=O) groups excluding carboxylic acids is 5. The average Bonchev–Trinajstić information content (AvgIpc) is 3.86. The first kappa shape index (κ1) is 41.1. The molecule has 1 aromatic rings. The number of fused-ring (bicyclic) bond motifs is 1. The number of hydrogen-bond acceptors (Lipinski definition) is 11. The summed E-state index contributed by atoms with van der Waals surface area (Å²) in [6.07, 6.45) is 9.44. The zero-order valence-corrected chi connectivity index (χ0v) is 32.0. The highest BCUT2D eigenvalue weighted by atomic mass is 16.8. The van der Waals surface area contributed by atoms with Crippen molar-refractivity contribution in [1.82, 2.24) is 10.2 Å². The summed E-state index contributed by atoms with van der Waals surface area (Å²) in [6, 6.07) is 5.96. The number of aliphatic hydroxyl groups excluding tert-OH is 1. The molecule has 3 aliphatic heterocycles. The van der Waals surface area contributed by atoms with E-state index in [4.69, 9.17) is 23.7 Å². The van der Waals surface area contributed by atoms with Gasteiger partial charge in [0.1, 0.15) is 31.0 Å². The lowest BCUT2D eigenvalue weighted by Crippen LogP contribution is -2.49. The second kappa shape index (κ2) is 18.5. The number of rotatable bonds is 17. The number of nitrogens with zero attached hydrogens (tertiary/aromatic N) is 1. The summed E-state index contributed by atoms with van der Waals surface area (Å²) in [5.41, 5.74) is 0.267. The third-order valence-corrected chi connectivity index (χ3v) is 10.6. The van der Waals surface area contributed by atoms with Crippen molar-refractivity contribution in [1.29, 1.82) is 0 Å². The van der Waals surface area contributed by atoms with Gasteiger partial charge in [-0.15, -0.1) is 0 Å². The van der Waals surface area contributed by atoms with Crippen LogP contribution in [-0.2, 0) is 42.9 Å². The minimum atomic E-state index is -1.05. The topological polar surface area (TPSA) is 167 Å². The highest BCUT2D eigenvalue weighted by Gasteiger charge is 2.53. The number of carbonyl (C=O) groups is 5. The van der Waals surface area contributed by atoms with Gasteiger partial charge in [0.25, 0.3) is 0 Å². The Balaban J connectivity index is 1.39. The number of amides is 2. The quantitative estimate of drug-likeness (QED) is 0.0973. The first-order chi connectivity index (χ1) is 25.9. The molecule has 4 aliphatic rings. The summed E-state index contributed by atoms with van der Waals surface area (Å²) >= 11 is 0. The van der Waals surface area contributed by atoms with E-state index in [2.05, 4.69) is 19.2 Å². The van der Waals surface area contributed by atoms with Crippen LogP contribution in [0.2, 0.25) is 0 Å². The van der Waals surface area contributed by atoms with Crippen LogP contribution in [0.4, 0.5) is 0 Å². The van der Waals surface area contributed by atoms with Crippen molar-refractivity contribution in [2.24, 2.45) is 5.41 Å². The number of likely N-dealkylation sites (tertiary alicyclic amines) is 1. The molecule has 0 saturated carbocycles. The van der Waals surface area contributed by atoms with E-state index in [9.17, 15) is 29.1 Å². The van der Waals surface area contributed by atoms with Crippen LogP contribution < -0.4 is 5.32 Å². The van der Waals surface area contributed by atoms with Crippen LogP contribution in [0.25, 0.3) is 6.08 Å². The highest BCUT2D eigenvalue weighted by molar-refractivity contribution is 5.98. The van der Waals surface area contributed by atoms with Gasteiger partial charge in [-0.1, -0.05) is 71.6 Å². The van der Waals surface area contributed by atoms with E-state index in [1.807, 2.05) is 0 Å². The Kier molecular flexibility index (Phi) is 14.1. The molecule has 3 fully saturated rings. The van der Waals surface area contributed by atoms with E-state index in [0.29, 0.717) is 43.4 Å². The zero-order chi connectivity index (χ0) is 38.9. The number of cyclic esters (lactones) is 1. The van der Waals surface area contributed by atoms with Crippen LogP contribution in [0.3, 0.4) is 0 Å². The van der Waals surface area contributed by atoms with E-state index in [-0.39, 0.29) is 43.6 Å². The Bertz CT molecular complexity index is 1580. The van der Waals surface area contributed by atoms with E-state index < -0.39 is 59.6 Å². The van der Waals surface area contributed by atoms with Crippen molar-refractivity contribution in [3.8, 4) is 0 Å². The lowest BCUT2D eigenvalue weighted by Gasteiger charge is -2.33. The molecule has 0 bridgehead atoms. The predicted octanol–water partition coefficient (Wildman–Crippen LogP) is 4.79. The van der Waals surface area contributed by atoms with Gasteiger partial charge >= 0.3 is 17.9 Å². The van der Waals surface area contributed by atoms with E-state index in [1.54, 1.807) is 49.1 Å². The zero-order valence-electron chi connectivity index (χ0n) is 32.0. The van der Waals surface area contributed by atoms with Crippen molar-refractivity contribution in [3.05, 3.63) is 53.1 Å². The molecule has 13 nitrogen and oxygen atoms in total. The second-order valence-corrected chi connectivity index (χ2v) is 15.3. The number of esters is 3. The fraction of sp³-hybridized carbons (Fsp3) is 0.634. The standard InChI is InChI=1S/C41H56N2O11/c1-5-7-11-19-41(20-12-8-6-2)53-32-25-28(37(47)43-22-13-16-30(43)36(46)42-21-23-44)24-31(34(32)54-41)51-38(48)29-15-10-9-14-27(29)17-18-33(45)52-35-39(49)50-26-40(35,3)4/h9-10,14-15,17-18,25,30-32,34-35,44H,5-8,11-13,16,19-24,26H2,1-4H3,(H,42,46). The van der Waals surface area contributed by atoms with E-state index >= 15 is 0 Å². The number of benzene rings is 1. The molecule has 3 saturated heterocycles. The minimum Gasteiger partial charge on any atom is -0.462 e. The lowest BCUT2D eigenvalue weighted by molar-refractivity contribution is -0.190. The molecular formula is C41H56N2O11. The third kappa shape index (κ3) is 9.77. The molecule has 1 aromatic carbocycles. The summed E-state index contributed by atoms with van der Waals surface area (Å²) in [6.45, 7) is 8.23. The van der Waals surface area contributed by atoms with Crippen molar-refractivity contribution >= 4 is 35.8 Å². The predicted molar refractivity (Wildman–Crippen MR) is 198 cm³/mol. The van der Waals surface area contributed by atoms with Gasteiger partial charge in [0.15, 0.2) is 5.79 Å². The summed E-state index contributed by atoms with van der Waals surface area (Å²) in [4.78, 5) is 67.6. The Hall–Kier alpha value is -4.07. The Morgan fingerprint density at radius 2 is 1.74 bits per heavy atom. The molecular weight excluding hydrogens is 696 g/mol. The van der Waals surface area contributed by atoms with Crippen LogP contribution in [0.15, 0.2) is 42.0 Å². The Morgan fingerprint density at radius 1 is 1.02 bits per heavy atom. The summed E-state index contributed by atoms with van der Waals surface area (Å²) < 4.78 is 30.2. The molecule has 0 spiro atoms.